The molecule has 1 aliphatic heterocycles. The van der Waals surface area contributed by atoms with E-state index in [2.05, 4.69) is 20.6 Å². The number of H-pyrrole nitrogens is 1. The molecule has 2 amide bonds. The fourth-order valence-corrected chi connectivity index (χ4v) is 4.62. The topological polar surface area (TPSA) is 123 Å². The van der Waals surface area contributed by atoms with E-state index in [1.54, 1.807) is 25.4 Å². The maximum Gasteiger partial charge on any atom is 0.278 e. The second kappa shape index (κ2) is 10.9. The number of benzene rings is 2. The largest absolute Gasteiger partial charge is 0.392 e. The Morgan fingerprint density at radius 2 is 1.67 bits per heavy atom. The lowest BCUT2D eigenvalue weighted by atomic mass is 9.75. The highest BCUT2D eigenvalue weighted by Gasteiger charge is 2.35. The summed E-state index contributed by atoms with van der Waals surface area (Å²) in [5, 5.41) is 17.3. The summed E-state index contributed by atoms with van der Waals surface area (Å²) in [4.78, 5) is 38.8. The molecule has 0 bridgehead atoms. The summed E-state index contributed by atoms with van der Waals surface area (Å²) in [6, 6.07) is 21.0. The first-order valence-electron chi connectivity index (χ1n) is 12.8. The van der Waals surface area contributed by atoms with Crippen LogP contribution in [0.1, 0.15) is 29.9 Å². The Kier molecular flexibility index (Phi) is 7.25. The van der Waals surface area contributed by atoms with Gasteiger partial charge >= 0.3 is 0 Å². The number of hydrogen-bond donors (Lipinski definition) is 4. The Balaban J connectivity index is 1.45. The number of amides is 2. The van der Waals surface area contributed by atoms with Crippen LogP contribution in [-0.2, 0) is 10.2 Å². The molecule has 3 heterocycles. The average molecular weight is 523 g/mol. The van der Waals surface area contributed by atoms with Gasteiger partial charge in [0, 0.05) is 38.0 Å². The van der Waals surface area contributed by atoms with Crippen molar-refractivity contribution in [2.45, 2.75) is 25.4 Å². The molecule has 2 aromatic heterocycles. The molecule has 1 aliphatic rings. The van der Waals surface area contributed by atoms with Gasteiger partial charge in [0.2, 0.25) is 5.91 Å². The van der Waals surface area contributed by atoms with Crippen LogP contribution < -0.4 is 10.6 Å². The highest BCUT2D eigenvalue weighted by molar-refractivity contribution is 6.01. The summed E-state index contributed by atoms with van der Waals surface area (Å²) in [6.45, 7) is 4.08. The fourth-order valence-electron chi connectivity index (χ4n) is 4.62. The Hall–Kier alpha value is -4.76. The molecule has 0 aliphatic carbocycles. The van der Waals surface area contributed by atoms with Crippen molar-refractivity contribution in [1.82, 2.24) is 25.2 Å². The van der Waals surface area contributed by atoms with Crippen molar-refractivity contribution < 1.29 is 14.7 Å². The molecule has 4 N–H and O–H groups in total. The van der Waals surface area contributed by atoms with Crippen LogP contribution in [0.15, 0.2) is 91.3 Å². The van der Waals surface area contributed by atoms with Crippen molar-refractivity contribution in [3.8, 4) is 11.4 Å². The van der Waals surface area contributed by atoms with Crippen molar-refractivity contribution in [1.29, 1.82) is 0 Å². The van der Waals surface area contributed by atoms with E-state index in [-0.39, 0.29) is 11.8 Å². The molecule has 0 fully saturated rings. The van der Waals surface area contributed by atoms with Gasteiger partial charge in [-0.15, -0.1) is 0 Å². The third-order valence-electron chi connectivity index (χ3n) is 6.76. The zero-order chi connectivity index (χ0) is 27.4. The summed E-state index contributed by atoms with van der Waals surface area (Å²) in [5.74, 6) is 0.673. The zero-order valence-corrected chi connectivity index (χ0v) is 21.8. The molecule has 5 rings (SSSR count). The van der Waals surface area contributed by atoms with Gasteiger partial charge in [-0.1, -0.05) is 72.8 Å². The fraction of sp³-hybridized carbons (Fsp3) is 0.200. The molecule has 39 heavy (non-hydrogen) atoms. The first-order valence-corrected chi connectivity index (χ1v) is 12.8. The van der Waals surface area contributed by atoms with Gasteiger partial charge in [0.05, 0.1) is 16.9 Å². The van der Waals surface area contributed by atoms with Crippen LogP contribution in [0, 0.1) is 0 Å². The normalized spacial score (nSPS) is 14.8. The quantitative estimate of drug-likeness (QED) is 0.260. The van der Waals surface area contributed by atoms with Gasteiger partial charge in [-0.3, -0.25) is 14.5 Å². The molecule has 9 nitrogen and oxygen atoms in total. The number of rotatable bonds is 8. The zero-order valence-electron chi connectivity index (χ0n) is 21.8. The third-order valence-corrected chi connectivity index (χ3v) is 6.76. The highest BCUT2D eigenvalue weighted by Crippen LogP contribution is 2.35. The molecule has 0 saturated heterocycles. The van der Waals surface area contributed by atoms with Crippen molar-refractivity contribution in [3.05, 3.63) is 103 Å². The van der Waals surface area contributed by atoms with E-state index in [4.69, 9.17) is 4.98 Å². The lowest BCUT2D eigenvalue weighted by molar-refractivity contribution is -0.118. The van der Waals surface area contributed by atoms with Gasteiger partial charge in [0.15, 0.2) is 5.82 Å². The molecule has 2 aromatic carbocycles. The van der Waals surface area contributed by atoms with Gasteiger partial charge < -0.3 is 20.7 Å². The number of aromatic amines is 1. The predicted molar refractivity (Wildman–Crippen MR) is 151 cm³/mol. The molecule has 0 radical (unpaired) electrons. The molecule has 4 aromatic rings. The molecule has 1 unspecified atom stereocenters. The van der Waals surface area contributed by atoms with Crippen LogP contribution in [0.25, 0.3) is 22.4 Å². The molecule has 9 heteroatoms. The third kappa shape index (κ3) is 5.30. The maximum atomic E-state index is 13.5. The van der Waals surface area contributed by atoms with E-state index in [9.17, 15) is 14.7 Å². The molecular weight excluding hydrogens is 492 g/mol. The second-order valence-corrected chi connectivity index (χ2v) is 9.44. The smallest absolute Gasteiger partial charge is 0.278 e. The van der Waals surface area contributed by atoms with E-state index >= 15 is 0 Å². The van der Waals surface area contributed by atoms with Gasteiger partial charge in [0.1, 0.15) is 17.2 Å². The van der Waals surface area contributed by atoms with Gasteiger partial charge in [-0.25, -0.2) is 9.97 Å². The van der Waals surface area contributed by atoms with E-state index in [1.807, 2.05) is 72.8 Å². The molecule has 1 atom stereocenters. The van der Waals surface area contributed by atoms with E-state index in [1.165, 1.54) is 11.8 Å². The van der Waals surface area contributed by atoms with Crippen LogP contribution in [0.3, 0.4) is 0 Å². The lowest BCUT2D eigenvalue weighted by Crippen LogP contribution is -2.37. The van der Waals surface area contributed by atoms with Crippen molar-refractivity contribution >= 4 is 28.7 Å². The molecule has 198 valence electrons. The molecular formula is C30H30N6O3. The number of carbonyl (C=O) groups excluding carboxylic acids is 2. The second-order valence-electron chi connectivity index (χ2n) is 9.44. The Labute approximate surface area is 226 Å². The number of aromatic nitrogens is 3. The van der Waals surface area contributed by atoms with Crippen molar-refractivity contribution in [3.63, 3.8) is 0 Å². The van der Waals surface area contributed by atoms with Crippen LogP contribution in [-0.4, -0.2) is 56.0 Å². The first-order chi connectivity index (χ1) is 18.9. The van der Waals surface area contributed by atoms with Gasteiger partial charge in [-0.2, -0.15) is 0 Å². The van der Waals surface area contributed by atoms with Crippen molar-refractivity contribution in [2.75, 3.05) is 18.4 Å². The number of anilines is 1. The number of carbonyl (C=O) groups is 2. The van der Waals surface area contributed by atoms with Crippen LogP contribution >= 0.6 is 0 Å². The number of hydrogen-bond acceptors (Lipinski definition) is 6. The summed E-state index contributed by atoms with van der Waals surface area (Å²) in [6.07, 6.45) is 6.35. The monoisotopic (exact) mass is 522 g/mol. The van der Waals surface area contributed by atoms with Gasteiger partial charge in [0.25, 0.3) is 5.91 Å². The summed E-state index contributed by atoms with van der Waals surface area (Å²) in [5.41, 5.74) is 1.89. The Morgan fingerprint density at radius 3 is 2.31 bits per heavy atom. The molecule has 0 spiro atoms. The van der Waals surface area contributed by atoms with Gasteiger partial charge in [-0.05, 0) is 18.6 Å². The van der Waals surface area contributed by atoms with E-state index in [0.29, 0.717) is 41.5 Å². The number of aliphatic hydroxyl groups is 1. The summed E-state index contributed by atoms with van der Waals surface area (Å²) >= 11 is 0. The average Bonchev–Trinajstić information content (AvgIpc) is 3.40. The highest BCUT2D eigenvalue weighted by atomic mass is 16.3. The predicted octanol–water partition coefficient (Wildman–Crippen LogP) is 3.97. The molecule has 0 saturated carbocycles. The standard InChI is InChI=1S/C30H30N6O3/c1-20(37)30(23-11-7-4-8-12-23)13-17-36(18-14-30)29(39)25-19-24-27(32-16-15-31-21(2)38)34-26(35-28(24)33-25)22-9-5-3-6-10-22/h3-14,17-20,37H,15-16H2,1-2H3,(H,31,38)(H2,32,33,34,35). The van der Waals surface area contributed by atoms with E-state index < -0.39 is 11.5 Å². The first kappa shape index (κ1) is 25.9. The van der Waals surface area contributed by atoms with E-state index in [0.717, 1.165) is 11.1 Å². The Morgan fingerprint density at radius 1 is 1.00 bits per heavy atom. The van der Waals surface area contributed by atoms with Crippen molar-refractivity contribution in [2.24, 2.45) is 0 Å². The number of nitrogens with zero attached hydrogens (tertiary/aromatic N) is 3. The SMILES string of the molecule is CC(=O)NCCNc1nc(-c2ccccc2)nc2[nH]c(C(=O)N3C=CC(c4ccccc4)(C(C)O)C=C3)cc12. The van der Waals surface area contributed by atoms with Crippen LogP contribution in [0.5, 0.6) is 0 Å². The maximum absolute atomic E-state index is 13.5. The number of nitrogens with one attached hydrogen (secondary N) is 3. The minimum absolute atomic E-state index is 0.112. The minimum Gasteiger partial charge on any atom is -0.392 e. The Bertz CT molecular complexity index is 1530. The van der Waals surface area contributed by atoms with Crippen LogP contribution in [0.4, 0.5) is 5.82 Å². The summed E-state index contributed by atoms with van der Waals surface area (Å²) in [7, 11) is 0. The summed E-state index contributed by atoms with van der Waals surface area (Å²) < 4.78 is 0. The van der Waals surface area contributed by atoms with Crippen LogP contribution in [0.2, 0.25) is 0 Å². The number of fused-ring (bicyclic) bond motifs is 1. The number of aliphatic hydroxyl groups excluding tert-OH is 1. The lowest BCUT2D eigenvalue weighted by Gasteiger charge is -2.34. The minimum atomic E-state index is -0.737.